The van der Waals surface area contributed by atoms with E-state index >= 15 is 0 Å². The molecule has 2 saturated heterocycles. The van der Waals surface area contributed by atoms with Gasteiger partial charge >= 0.3 is 0 Å². The zero-order chi connectivity index (χ0) is 12.4. The molecule has 0 aromatic heterocycles. The number of rotatable bonds is 3. The van der Waals surface area contributed by atoms with Crippen LogP contribution in [0.2, 0.25) is 0 Å². The molecule has 0 spiro atoms. The van der Waals surface area contributed by atoms with Crippen molar-refractivity contribution in [1.82, 2.24) is 10.2 Å². The van der Waals surface area contributed by atoms with Crippen LogP contribution in [0, 0.1) is 5.92 Å². The fourth-order valence-electron chi connectivity index (χ4n) is 3.52. The molecule has 0 bridgehead atoms. The summed E-state index contributed by atoms with van der Waals surface area (Å²) in [5, 5.41) is 3.69. The number of nitrogens with zero attached hydrogens (tertiary/aromatic N) is 1. The van der Waals surface area contributed by atoms with Crippen molar-refractivity contribution < 1.29 is 0 Å². The van der Waals surface area contributed by atoms with E-state index in [-0.39, 0.29) is 0 Å². The summed E-state index contributed by atoms with van der Waals surface area (Å²) in [6.07, 6.45) is 3.97. The maximum absolute atomic E-state index is 3.69. The van der Waals surface area contributed by atoms with Crippen molar-refractivity contribution in [2.24, 2.45) is 5.92 Å². The third-order valence-electron chi connectivity index (χ3n) is 4.62. The molecule has 1 aromatic rings. The summed E-state index contributed by atoms with van der Waals surface area (Å²) in [5.74, 6) is 0.900. The van der Waals surface area contributed by atoms with Crippen LogP contribution in [0.5, 0.6) is 0 Å². The average molecular weight is 244 g/mol. The van der Waals surface area contributed by atoms with Crippen LogP contribution in [0.1, 0.15) is 25.3 Å². The predicted octanol–water partition coefficient (Wildman–Crippen LogP) is 2.30. The minimum absolute atomic E-state index is 0.666. The van der Waals surface area contributed by atoms with E-state index in [2.05, 4.69) is 47.5 Å². The third-order valence-corrected chi connectivity index (χ3v) is 4.62. The smallest absolute Gasteiger partial charge is 0.0235 e. The van der Waals surface area contributed by atoms with E-state index in [1.807, 2.05) is 0 Å². The number of likely N-dealkylation sites (tertiary alicyclic amines) is 1. The van der Waals surface area contributed by atoms with E-state index in [0.717, 1.165) is 12.0 Å². The van der Waals surface area contributed by atoms with E-state index in [4.69, 9.17) is 0 Å². The minimum atomic E-state index is 0.666. The highest BCUT2D eigenvalue weighted by molar-refractivity contribution is 5.16. The molecule has 18 heavy (non-hydrogen) atoms. The Labute approximate surface area is 110 Å². The molecule has 98 valence electrons. The quantitative estimate of drug-likeness (QED) is 0.877. The Kier molecular flexibility index (Phi) is 3.67. The third kappa shape index (κ3) is 2.60. The summed E-state index contributed by atoms with van der Waals surface area (Å²) in [6.45, 7) is 6.15. The van der Waals surface area contributed by atoms with Crippen LogP contribution < -0.4 is 5.32 Å². The molecule has 3 atom stereocenters. The summed E-state index contributed by atoms with van der Waals surface area (Å²) in [7, 11) is 0. The fourth-order valence-corrected chi connectivity index (χ4v) is 3.52. The second-order valence-corrected chi connectivity index (χ2v) is 5.96. The van der Waals surface area contributed by atoms with Gasteiger partial charge in [0.25, 0.3) is 0 Å². The molecule has 3 rings (SSSR count). The van der Waals surface area contributed by atoms with Gasteiger partial charge in [0.05, 0.1) is 0 Å². The second kappa shape index (κ2) is 5.41. The molecule has 2 nitrogen and oxygen atoms in total. The van der Waals surface area contributed by atoms with E-state index in [1.54, 1.807) is 0 Å². The molecule has 0 aliphatic carbocycles. The number of piperidine rings is 1. The van der Waals surface area contributed by atoms with E-state index in [1.165, 1.54) is 44.5 Å². The van der Waals surface area contributed by atoms with Crippen molar-refractivity contribution in [2.45, 2.75) is 38.3 Å². The molecule has 2 heteroatoms. The Morgan fingerprint density at radius 2 is 2.11 bits per heavy atom. The van der Waals surface area contributed by atoms with E-state index < -0.39 is 0 Å². The van der Waals surface area contributed by atoms with Gasteiger partial charge in [-0.05, 0) is 44.2 Å². The van der Waals surface area contributed by atoms with Crippen molar-refractivity contribution in [3.8, 4) is 0 Å². The van der Waals surface area contributed by atoms with Gasteiger partial charge in [0.15, 0.2) is 0 Å². The topological polar surface area (TPSA) is 15.3 Å². The Morgan fingerprint density at radius 3 is 2.89 bits per heavy atom. The maximum atomic E-state index is 3.69. The molecule has 1 unspecified atom stereocenters. The van der Waals surface area contributed by atoms with Gasteiger partial charge in [0, 0.05) is 25.2 Å². The predicted molar refractivity (Wildman–Crippen MR) is 75.7 cm³/mol. The lowest BCUT2D eigenvalue weighted by molar-refractivity contribution is 0.246. The van der Waals surface area contributed by atoms with Crippen molar-refractivity contribution >= 4 is 0 Å². The van der Waals surface area contributed by atoms with Gasteiger partial charge in [0.1, 0.15) is 0 Å². The summed E-state index contributed by atoms with van der Waals surface area (Å²) >= 11 is 0. The summed E-state index contributed by atoms with van der Waals surface area (Å²) in [5.41, 5.74) is 1.47. The van der Waals surface area contributed by atoms with E-state index in [9.17, 15) is 0 Å². The molecule has 1 aromatic carbocycles. The molecule has 2 fully saturated rings. The lowest BCUT2D eigenvalue weighted by Crippen LogP contribution is -2.41. The van der Waals surface area contributed by atoms with Crippen LogP contribution in [0.25, 0.3) is 0 Å². The van der Waals surface area contributed by atoms with Crippen LogP contribution in [0.3, 0.4) is 0 Å². The summed E-state index contributed by atoms with van der Waals surface area (Å²) in [6, 6.07) is 12.3. The molecule has 2 heterocycles. The normalized spacial score (nSPS) is 30.1. The Balaban J connectivity index is 1.58. The maximum Gasteiger partial charge on any atom is 0.0235 e. The van der Waals surface area contributed by atoms with Crippen LogP contribution in [0.15, 0.2) is 30.3 Å². The highest BCUT2D eigenvalue weighted by atomic mass is 15.2. The average Bonchev–Trinajstić information content (AvgIpc) is 2.84. The van der Waals surface area contributed by atoms with Crippen molar-refractivity contribution in [3.05, 3.63) is 35.9 Å². The van der Waals surface area contributed by atoms with Crippen LogP contribution in [-0.4, -0.2) is 36.6 Å². The zero-order valence-electron chi connectivity index (χ0n) is 11.3. The molecule has 0 amide bonds. The van der Waals surface area contributed by atoms with Gasteiger partial charge in [-0.2, -0.15) is 0 Å². The summed E-state index contributed by atoms with van der Waals surface area (Å²) in [4.78, 5) is 2.68. The first-order chi connectivity index (χ1) is 8.83. The molecule has 0 radical (unpaired) electrons. The van der Waals surface area contributed by atoms with Crippen LogP contribution >= 0.6 is 0 Å². The van der Waals surface area contributed by atoms with Gasteiger partial charge in [-0.3, -0.25) is 4.90 Å². The number of fused-ring (bicyclic) bond motifs is 1. The zero-order valence-corrected chi connectivity index (χ0v) is 11.3. The Bertz CT molecular complexity index is 362. The molecule has 2 aliphatic heterocycles. The largest absolute Gasteiger partial charge is 0.312 e. The molecule has 1 N–H and O–H groups in total. The summed E-state index contributed by atoms with van der Waals surface area (Å²) < 4.78 is 0. The standard InChI is InChI=1S/C16H24N2/c1-13(10-14-6-3-2-4-7-14)18-11-15-8-5-9-17-16(15)12-18/h2-4,6-7,13,15-17H,5,8-12H2,1H3/t13?,15-,16+/m0/s1. The van der Waals surface area contributed by atoms with Crippen molar-refractivity contribution in [3.63, 3.8) is 0 Å². The monoisotopic (exact) mass is 244 g/mol. The molecular weight excluding hydrogens is 220 g/mol. The van der Waals surface area contributed by atoms with E-state index in [0.29, 0.717) is 6.04 Å². The van der Waals surface area contributed by atoms with Crippen molar-refractivity contribution in [1.29, 1.82) is 0 Å². The fraction of sp³-hybridized carbons (Fsp3) is 0.625. The SMILES string of the molecule is CC(Cc1ccccc1)N1C[C@@H]2CCCN[C@@H]2C1. The number of hydrogen-bond donors (Lipinski definition) is 1. The lowest BCUT2D eigenvalue weighted by Gasteiger charge is -2.25. The highest BCUT2D eigenvalue weighted by Crippen LogP contribution is 2.26. The lowest BCUT2D eigenvalue weighted by atomic mass is 9.94. The van der Waals surface area contributed by atoms with Gasteiger partial charge in [-0.1, -0.05) is 30.3 Å². The first kappa shape index (κ1) is 12.2. The van der Waals surface area contributed by atoms with Crippen LogP contribution in [-0.2, 0) is 6.42 Å². The molecule has 2 aliphatic rings. The van der Waals surface area contributed by atoms with Crippen LogP contribution in [0.4, 0.5) is 0 Å². The van der Waals surface area contributed by atoms with Gasteiger partial charge < -0.3 is 5.32 Å². The van der Waals surface area contributed by atoms with Gasteiger partial charge in [-0.15, -0.1) is 0 Å². The highest BCUT2D eigenvalue weighted by Gasteiger charge is 2.35. The first-order valence-electron chi connectivity index (χ1n) is 7.34. The number of benzene rings is 1. The second-order valence-electron chi connectivity index (χ2n) is 5.96. The van der Waals surface area contributed by atoms with Gasteiger partial charge in [0.2, 0.25) is 0 Å². The minimum Gasteiger partial charge on any atom is -0.312 e. The number of hydrogen-bond acceptors (Lipinski definition) is 2. The Morgan fingerprint density at radius 1 is 1.28 bits per heavy atom. The first-order valence-corrected chi connectivity index (χ1v) is 7.34. The Hall–Kier alpha value is -0.860. The molecule has 0 saturated carbocycles. The van der Waals surface area contributed by atoms with Gasteiger partial charge in [-0.25, -0.2) is 0 Å². The molecular formula is C16H24N2. The number of nitrogens with one attached hydrogen (secondary N) is 1. The van der Waals surface area contributed by atoms with Crippen molar-refractivity contribution in [2.75, 3.05) is 19.6 Å².